The minimum atomic E-state index is -0.0692. The van der Waals surface area contributed by atoms with Gasteiger partial charge < -0.3 is 0 Å². The highest BCUT2D eigenvalue weighted by Crippen LogP contribution is 2.55. The molecule has 14 aromatic rings. The first-order valence-electron chi connectivity index (χ1n) is 27.6. The van der Waals surface area contributed by atoms with E-state index in [-0.39, 0.29) is 10.8 Å². The van der Waals surface area contributed by atoms with Crippen LogP contribution in [-0.4, -0.2) is 0 Å². The zero-order valence-corrected chi connectivity index (χ0v) is 44.4. The van der Waals surface area contributed by atoms with Crippen LogP contribution in [0.15, 0.2) is 267 Å². The molecule has 0 saturated carbocycles. The maximum Gasteiger partial charge on any atom is 0.0159 e. The molecular weight excluding hydrogens is 937 g/mol. The SMILES string of the molecule is CC1(C)c2cc(-c3c4ccccc4c(-c4ccccc4)c4ccccc34)ccc2-c2c1ccc1ccccc21.CC1(C)c2ccccc2-c2ccc(-c3c4ccccc4c(-c4ccc5ccccc5c4)c4ccccc34)cc21. The van der Waals surface area contributed by atoms with Crippen LogP contribution >= 0.6 is 0 Å². The number of hydrogen-bond acceptors (Lipinski definition) is 0. The Balaban J connectivity index is 0.000000136. The highest BCUT2D eigenvalue weighted by atomic mass is 14.4. The molecule has 0 unspecified atom stereocenters. The molecule has 0 heteroatoms. The second-order valence-corrected chi connectivity index (χ2v) is 22.6. The molecule has 0 fully saturated rings. The molecule has 16 rings (SSSR count). The monoisotopic (exact) mass is 992 g/mol. The Labute approximate surface area is 456 Å². The van der Waals surface area contributed by atoms with Gasteiger partial charge in [-0.2, -0.15) is 0 Å². The topological polar surface area (TPSA) is 0 Å². The van der Waals surface area contributed by atoms with Gasteiger partial charge in [0.1, 0.15) is 0 Å². The van der Waals surface area contributed by atoms with Crippen LogP contribution in [0.1, 0.15) is 49.9 Å². The van der Waals surface area contributed by atoms with Crippen LogP contribution in [0.2, 0.25) is 0 Å². The first-order chi connectivity index (χ1) is 38.2. The lowest BCUT2D eigenvalue weighted by Gasteiger charge is -2.23. The van der Waals surface area contributed by atoms with E-state index >= 15 is 0 Å². The van der Waals surface area contributed by atoms with Crippen LogP contribution in [0, 0.1) is 0 Å². The second kappa shape index (κ2) is 17.6. The highest BCUT2D eigenvalue weighted by Gasteiger charge is 2.38. The first-order valence-corrected chi connectivity index (χ1v) is 27.6. The summed E-state index contributed by atoms with van der Waals surface area (Å²) in [4.78, 5) is 0. The molecule has 0 N–H and O–H groups in total. The molecule has 0 bridgehead atoms. The quantitative estimate of drug-likeness (QED) is 0.154. The lowest BCUT2D eigenvalue weighted by atomic mass is 9.80. The van der Waals surface area contributed by atoms with Crippen molar-refractivity contribution in [2.75, 3.05) is 0 Å². The van der Waals surface area contributed by atoms with E-state index < -0.39 is 0 Å². The fraction of sp³-hybridized carbons (Fsp3) is 0.0769. The van der Waals surface area contributed by atoms with Gasteiger partial charge in [-0.25, -0.2) is 0 Å². The fourth-order valence-corrected chi connectivity index (χ4v) is 14.0. The number of rotatable bonds is 4. The fourth-order valence-electron chi connectivity index (χ4n) is 14.0. The molecule has 0 heterocycles. The minimum absolute atomic E-state index is 0.0292. The molecule has 0 nitrogen and oxygen atoms in total. The van der Waals surface area contributed by atoms with Crippen molar-refractivity contribution in [3.63, 3.8) is 0 Å². The maximum absolute atomic E-state index is 2.47. The lowest BCUT2D eigenvalue weighted by molar-refractivity contribution is 0.660. The van der Waals surface area contributed by atoms with Gasteiger partial charge in [0.2, 0.25) is 0 Å². The third-order valence-corrected chi connectivity index (χ3v) is 17.7. The average molecular weight is 993 g/mol. The summed E-state index contributed by atoms with van der Waals surface area (Å²) in [5.74, 6) is 0. The largest absolute Gasteiger partial charge is 0.0622 e. The Kier molecular flexibility index (Phi) is 10.4. The summed E-state index contributed by atoms with van der Waals surface area (Å²) in [6.07, 6.45) is 0. The van der Waals surface area contributed by atoms with E-state index in [1.165, 1.54) is 154 Å². The third-order valence-electron chi connectivity index (χ3n) is 17.7. The molecule has 0 saturated heterocycles. The minimum Gasteiger partial charge on any atom is -0.0622 e. The van der Waals surface area contributed by atoms with Crippen molar-refractivity contribution < 1.29 is 0 Å². The molecule has 0 spiro atoms. The zero-order valence-electron chi connectivity index (χ0n) is 44.4. The second-order valence-electron chi connectivity index (χ2n) is 22.6. The van der Waals surface area contributed by atoms with Crippen LogP contribution < -0.4 is 0 Å². The molecular formula is C78H56. The van der Waals surface area contributed by atoms with Gasteiger partial charge in [0.15, 0.2) is 0 Å². The van der Waals surface area contributed by atoms with Crippen LogP contribution in [0.3, 0.4) is 0 Å². The molecule has 0 aromatic heterocycles. The van der Waals surface area contributed by atoms with E-state index in [9.17, 15) is 0 Å². The zero-order chi connectivity index (χ0) is 52.3. The normalized spacial score (nSPS) is 13.6. The third kappa shape index (κ3) is 6.92. The molecule has 78 heavy (non-hydrogen) atoms. The van der Waals surface area contributed by atoms with E-state index in [0.717, 1.165) is 0 Å². The van der Waals surface area contributed by atoms with E-state index in [0.29, 0.717) is 0 Å². The average Bonchev–Trinajstić information content (AvgIpc) is 4.09. The van der Waals surface area contributed by atoms with Gasteiger partial charge in [-0.3, -0.25) is 0 Å². The summed E-state index contributed by atoms with van der Waals surface area (Å²) < 4.78 is 0. The summed E-state index contributed by atoms with van der Waals surface area (Å²) in [5, 5.41) is 15.6. The molecule has 368 valence electrons. The Morgan fingerprint density at radius 3 is 1.10 bits per heavy atom. The first kappa shape index (κ1) is 46.0. The Morgan fingerprint density at radius 2 is 0.551 bits per heavy atom. The summed E-state index contributed by atoms with van der Waals surface area (Å²) in [7, 11) is 0. The van der Waals surface area contributed by atoms with Gasteiger partial charge in [-0.15, -0.1) is 0 Å². The van der Waals surface area contributed by atoms with E-state index in [2.05, 4.69) is 295 Å². The Morgan fingerprint density at radius 1 is 0.192 bits per heavy atom. The van der Waals surface area contributed by atoms with Gasteiger partial charge >= 0.3 is 0 Å². The highest BCUT2D eigenvalue weighted by molar-refractivity contribution is 6.23. The molecule has 0 aliphatic heterocycles. The van der Waals surface area contributed by atoms with Gasteiger partial charge in [-0.05, 0) is 172 Å². The smallest absolute Gasteiger partial charge is 0.0159 e. The van der Waals surface area contributed by atoms with Crippen molar-refractivity contribution in [2.24, 2.45) is 0 Å². The molecule has 0 amide bonds. The molecule has 2 aliphatic rings. The van der Waals surface area contributed by atoms with Gasteiger partial charge in [0.25, 0.3) is 0 Å². The predicted molar refractivity (Wildman–Crippen MR) is 335 cm³/mol. The van der Waals surface area contributed by atoms with Crippen molar-refractivity contribution in [3.05, 3.63) is 289 Å². The number of benzene rings is 14. The molecule has 14 aromatic carbocycles. The summed E-state index contributed by atoms with van der Waals surface area (Å²) in [6, 6.07) is 98.7. The lowest BCUT2D eigenvalue weighted by Crippen LogP contribution is -2.15. The Bertz CT molecular complexity index is 4660. The predicted octanol–water partition coefficient (Wildman–Crippen LogP) is 21.6. The van der Waals surface area contributed by atoms with Crippen LogP contribution in [0.5, 0.6) is 0 Å². The van der Waals surface area contributed by atoms with Crippen LogP contribution in [0.4, 0.5) is 0 Å². The molecule has 0 atom stereocenters. The maximum atomic E-state index is 2.47. The van der Waals surface area contributed by atoms with E-state index in [4.69, 9.17) is 0 Å². The van der Waals surface area contributed by atoms with Crippen LogP contribution in [-0.2, 0) is 10.8 Å². The van der Waals surface area contributed by atoms with E-state index in [1.54, 1.807) is 0 Å². The van der Waals surface area contributed by atoms with Crippen molar-refractivity contribution in [3.8, 4) is 66.8 Å². The van der Waals surface area contributed by atoms with E-state index in [1.807, 2.05) is 0 Å². The van der Waals surface area contributed by atoms with Crippen molar-refractivity contribution in [1.82, 2.24) is 0 Å². The van der Waals surface area contributed by atoms with Gasteiger partial charge in [0, 0.05) is 10.8 Å². The summed E-state index contributed by atoms with van der Waals surface area (Å²) >= 11 is 0. The molecule has 2 aliphatic carbocycles. The van der Waals surface area contributed by atoms with Crippen molar-refractivity contribution >= 4 is 64.6 Å². The van der Waals surface area contributed by atoms with Crippen molar-refractivity contribution in [2.45, 2.75) is 38.5 Å². The van der Waals surface area contributed by atoms with Crippen molar-refractivity contribution in [1.29, 1.82) is 0 Å². The number of hydrogen-bond donors (Lipinski definition) is 0. The van der Waals surface area contributed by atoms with Gasteiger partial charge in [0.05, 0.1) is 0 Å². The Hall–Kier alpha value is -9.36. The standard InChI is InChI=1S/2C39H28/c1-39(2)35-18-10-9-13-29(35)30-22-21-28(24-36(30)39)38-33-16-7-5-14-31(33)37(32-15-6-8-17-34(32)38)27-20-19-25-11-3-4-12-26(25)23-27;1-39(2)34-23-21-25-12-6-7-15-28(25)38(34)33-22-20-27(24-35(33)39)37-31-18-10-8-16-29(31)36(26-13-4-3-5-14-26)30-17-9-11-19-32(30)37/h2*3-24H,1-2H3. The molecule has 0 radical (unpaired) electrons. The summed E-state index contributed by atoms with van der Waals surface area (Å²) in [5.41, 5.74) is 21.4. The van der Waals surface area contributed by atoms with Crippen LogP contribution in [0.25, 0.3) is 131 Å². The summed E-state index contributed by atoms with van der Waals surface area (Å²) in [6.45, 7) is 9.48. The number of fused-ring (bicyclic) bond motifs is 13. The van der Waals surface area contributed by atoms with Gasteiger partial charge in [-0.1, -0.05) is 276 Å².